The molecule has 1 N–H and O–H groups in total. The molecule has 0 fully saturated rings. The number of benzene rings is 3. The van der Waals surface area contributed by atoms with E-state index in [-0.39, 0.29) is 16.6 Å². The van der Waals surface area contributed by atoms with E-state index in [0.29, 0.717) is 0 Å². The first kappa shape index (κ1) is 22.5. The smallest absolute Gasteiger partial charge is 0.264 e. The van der Waals surface area contributed by atoms with Gasteiger partial charge in [-0.15, -0.1) is 0 Å². The maximum Gasteiger partial charge on any atom is 0.264 e. The summed E-state index contributed by atoms with van der Waals surface area (Å²) in [5.41, 5.74) is 3.40. The van der Waals surface area contributed by atoms with Gasteiger partial charge in [-0.25, -0.2) is 12.8 Å². The first-order valence-electron chi connectivity index (χ1n) is 9.88. The van der Waals surface area contributed by atoms with Gasteiger partial charge in [-0.2, -0.15) is 0 Å². The summed E-state index contributed by atoms with van der Waals surface area (Å²) in [6.45, 7) is 5.42. The molecule has 0 heterocycles. The van der Waals surface area contributed by atoms with E-state index in [9.17, 15) is 17.6 Å². The summed E-state index contributed by atoms with van der Waals surface area (Å²) in [5, 5.41) is 2.86. The zero-order valence-corrected chi connectivity index (χ0v) is 18.5. The highest BCUT2D eigenvalue weighted by Crippen LogP contribution is 2.24. The number of carbonyl (C=O) groups is 1. The molecule has 0 aromatic heterocycles. The Morgan fingerprint density at radius 3 is 2.23 bits per heavy atom. The number of sulfonamides is 1. The highest BCUT2D eigenvalue weighted by molar-refractivity contribution is 7.92. The average Bonchev–Trinajstić information content (AvgIpc) is 2.75. The summed E-state index contributed by atoms with van der Waals surface area (Å²) in [4.78, 5) is 12.9. The Labute approximate surface area is 182 Å². The Kier molecular flexibility index (Phi) is 6.75. The third-order valence-electron chi connectivity index (χ3n) is 5.14. The minimum absolute atomic E-state index is 0.0503. The van der Waals surface area contributed by atoms with Gasteiger partial charge in [0.25, 0.3) is 10.0 Å². The molecule has 1 amide bonds. The van der Waals surface area contributed by atoms with Crippen molar-refractivity contribution in [1.82, 2.24) is 5.32 Å². The summed E-state index contributed by atoms with van der Waals surface area (Å²) in [6, 6.07) is 18.5. The van der Waals surface area contributed by atoms with Crippen molar-refractivity contribution in [2.24, 2.45) is 0 Å². The zero-order valence-electron chi connectivity index (χ0n) is 17.7. The van der Waals surface area contributed by atoms with Crippen LogP contribution in [-0.4, -0.2) is 20.9 Å². The van der Waals surface area contributed by atoms with E-state index in [4.69, 9.17) is 0 Å². The van der Waals surface area contributed by atoms with E-state index in [2.05, 4.69) is 5.32 Å². The lowest BCUT2D eigenvalue weighted by Gasteiger charge is -2.25. The number of nitrogens with zero attached hydrogens (tertiary/aromatic N) is 1. The highest BCUT2D eigenvalue weighted by atomic mass is 32.2. The Bertz CT molecular complexity index is 1160. The van der Waals surface area contributed by atoms with Crippen LogP contribution in [0.3, 0.4) is 0 Å². The molecular formula is C24H25FN2O3S. The summed E-state index contributed by atoms with van der Waals surface area (Å²) < 4.78 is 40.9. The lowest BCUT2D eigenvalue weighted by atomic mass is 10.0. The van der Waals surface area contributed by atoms with Crippen molar-refractivity contribution in [3.05, 3.63) is 95.3 Å². The van der Waals surface area contributed by atoms with Crippen LogP contribution < -0.4 is 9.62 Å². The maximum absolute atomic E-state index is 13.4. The first-order chi connectivity index (χ1) is 14.7. The minimum Gasteiger partial charge on any atom is -0.348 e. The molecule has 1 atom stereocenters. The van der Waals surface area contributed by atoms with Crippen molar-refractivity contribution in [3.63, 3.8) is 0 Å². The predicted octanol–water partition coefficient (Wildman–Crippen LogP) is 4.52. The molecule has 7 heteroatoms. The normalized spacial score (nSPS) is 12.3. The summed E-state index contributed by atoms with van der Waals surface area (Å²) in [6.07, 6.45) is 0. The highest BCUT2D eigenvalue weighted by Gasteiger charge is 2.27. The number of nitrogens with one attached hydrogen (secondary N) is 1. The monoisotopic (exact) mass is 440 g/mol. The van der Waals surface area contributed by atoms with Crippen LogP contribution in [0, 0.1) is 19.7 Å². The van der Waals surface area contributed by atoms with Gasteiger partial charge in [-0.3, -0.25) is 9.10 Å². The van der Waals surface area contributed by atoms with Crippen LogP contribution in [0.2, 0.25) is 0 Å². The minimum atomic E-state index is -4.02. The molecule has 0 aliphatic rings. The third-order valence-corrected chi connectivity index (χ3v) is 6.93. The molecule has 0 aliphatic carbocycles. The Balaban J connectivity index is 1.87. The van der Waals surface area contributed by atoms with Crippen molar-refractivity contribution >= 4 is 21.6 Å². The van der Waals surface area contributed by atoms with Crippen LogP contribution in [-0.2, 0) is 14.8 Å². The topological polar surface area (TPSA) is 66.5 Å². The lowest BCUT2D eigenvalue weighted by molar-refractivity contribution is -0.120. The van der Waals surface area contributed by atoms with Crippen molar-refractivity contribution in [1.29, 1.82) is 0 Å². The summed E-state index contributed by atoms with van der Waals surface area (Å²) in [7, 11) is -4.02. The van der Waals surface area contributed by atoms with Gasteiger partial charge in [-0.05, 0) is 73.9 Å². The molecule has 0 unspecified atom stereocenters. The van der Waals surface area contributed by atoms with Crippen molar-refractivity contribution in [2.45, 2.75) is 31.7 Å². The van der Waals surface area contributed by atoms with Crippen LogP contribution in [0.5, 0.6) is 0 Å². The quantitative estimate of drug-likeness (QED) is 0.588. The number of aryl methyl sites for hydroxylation is 2. The van der Waals surface area contributed by atoms with Gasteiger partial charge in [-0.1, -0.05) is 36.4 Å². The van der Waals surface area contributed by atoms with Crippen LogP contribution in [0.25, 0.3) is 0 Å². The van der Waals surface area contributed by atoms with Gasteiger partial charge >= 0.3 is 0 Å². The molecule has 0 radical (unpaired) electrons. The number of halogens is 1. The standard InChI is InChI=1S/C24H25FN2O3S/c1-17-9-10-20(15-18(17)2)19(3)26-24(28)16-27(22-13-11-21(25)12-14-22)31(29,30)23-7-5-4-6-8-23/h4-15,19H,16H2,1-3H3,(H,26,28)/t19-/m0/s1. The maximum atomic E-state index is 13.4. The molecule has 0 aliphatic heterocycles. The van der Waals surface area contributed by atoms with Gasteiger partial charge in [0.05, 0.1) is 16.6 Å². The van der Waals surface area contributed by atoms with Crippen molar-refractivity contribution in [3.8, 4) is 0 Å². The van der Waals surface area contributed by atoms with Gasteiger partial charge < -0.3 is 5.32 Å². The Morgan fingerprint density at radius 1 is 0.968 bits per heavy atom. The molecule has 0 saturated heterocycles. The molecule has 31 heavy (non-hydrogen) atoms. The molecule has 3 aromatic carbocycles. The van der Waals surface area contributed by atoms with Crippen LogP contribution in [0.4, 0.5) is 10.1 Å². The molecular weight excluding hydrogens is 415 g/mol. The van der Waals surface area contributed by atoms with Crippen LogP contribution in [0.1, 0.15) is 29.7 Å². The van der Waals surface area contributed by atoms with Gasteiger partial charge in [0, 0.05) is 0 Å². The zero-order chi connectivity index (χ0) is 22.6. The fraction of sp³-hybridized carbons (Fsp3) is 0.208. The molecule has 0 saturated carbocycles. The fourth-order valence-corrected chi connectivity index (χ4v) is 4.62. The molecule has 3 aromatic rings. The van der Waals surface area contributed by atoms with Crippen molar-refractivity contribution in [2.75, 3.05) is 10.8 Å². The number of hydrogen-bond donors (Lipinski definition) is 1. The summed E-state index contributed by atoms with van der Waals surface area (Å²) in [5.74, 6) is -0.955. The van der Waals surface area contributed by atoms with E-state index >= 15 is 0 Å². The second kappa shape index (κ2) is 9.31. The SMILES string of the molecule is Cc1ccc([C@H](C)NC(=O)CN(c2ccc(F)cc2)S(=O)(=O)c2ccccc2)cc1C. The van der Waals surface area contributed by atoms with E-state index in [0.717, 1.165) is 21.0 Å². The fourth-order valence-electron chi connectivity index (χ4n) is 3.18. The Morgan fingerprint density at radius 2 is 1.61 bits per heavy atom. The molecule has 5 nitrogen and oxygen atoms in total. The van der Waals surface area contributed by atoms with E-state index in [1.54, 1.807) is 18.2 Å². The number of carbonyl (C=O) groups excluding carboxylic acids is 1. The molecule has 3 rings (SSSR count). The number of amides is 1. The van der Waals surface area contributed by atoms with Crippen LogP contribution in [0.15, 0.2) is 77.7 Å². The average molecular weight is 441 g/mol. The number of rotatable bonds is 7. The van der Waals surface area contributed by atoms with Gasteiger partial charge in [0.2, 0.25) is 5.91 Å². The lowest BCUT2D eigenvalue weighted by Crippen LogP contribution is -2.41. The van der Waals surface area contributed by atoms with E-state index in [1.165, 1.54) is 36.4 Å². The second-order valence-electron chi connectivity index (χ2n) is 7.43. The first-order valence-corrected chi connectivity index (χ1v) is 11.3. The van der Waals surface area contributed by atoms with Gasteiger partial charge in [0.1, 0.15) is 12.4 Å². The number of anilines is 1. The molecule has 162 valence electrons. The molecule has 0 spiro atoms. The van der Waals surface area contributed by atoms with E-state index in [1.807, 2.05) is 39.0 Å². The van der Waals surface area contributed by atoms with Gasteiger partial charge in [0.15, 0.2) is 0 Å². The number of hydrogen-bond acceptors (Lipinski definition) is 3. The Hall–Kier alpha value is -3.19. The summed E-state index contributed by atoms with van der Waals surface area (Å²) >= 11 is 0. The molecule has 0 bridgehead atoms. The van der Waals surface area contributed by atoms with E-state index < -0.39 is 28.3 Å². The largest absolute Gasteiger partial charge is 0.348 e. The predicted molar refractivity (Wildman–Crippen MR) is 120 cm³/mol. The second-order valence-corrected chi connectivity index (χ2v) is 9.30. The van der Waals surface area contributed by atoms with Crippen molar-refractivity contribution < 1.29 is 17.6 Å². The van der Waals surface area contributed by atoms with Crippen LogP contribution >= 0.6 is 0 Å². The third kappa shape index (κ3) is 5.30.